The summed E-state index contributed by atoms with van der Waals surface area (Å²) in [7, 11) is 3.57. The highest BCUT2D eigenvalue weighted by Crippen LogP contribution is 2.35. The highest BCUT2D eigenvalue weighted by Gasteiger charge is 2.16. The second kappa shape index (κ2) is 8.74. The molecule has 4 nitrogen and oxygen atoms in total. The molecule has 0 fully saturated rings. The summed E-state index contributed by atoms with van der Waals surface area (Å²) in [6.07, 6.45) is 0. The van der Waals surface area contributed by atoms with Gasteiger partial charge in [0.25, 0.3) is 5.91 Å². The van der Waals surface area contributed by atoms with Gasteiger partial charge in [-0.1, -0.05) is 53.8 Å². The lowest BCUT2D eigenvalue weighted by Crippen LogP contribution is -2.14. The molecule has 0 N–H and O–H groups in total. The zero-order valence-corrected chi connectivity index (χ0v) is 18.9. The quantitative estimate of drug-likeness (QED) is 0.413. The van der Waals surface area contributed by atoms with Gasteiger partial charge in [-0.2, -0.15) is 4.99 Å². The van der Waals surface area contributed by atoms with Crippen molar-refractivity contribution in [2.75, 3.05) is 7.11 Å². The summed E-state index contributed by atoms with van der Waals surface area (Å²) in [5.41, 5.74) is 6.29. The molecule has 0 aliphatic carbocycles. The molecule has 1 amide bonds. The van der Waals surface area contributed by atoms with Gasteiger partial charge in [-0.05, 0) is 66.4 Å². The first-order chi connectivity index (χ1) is 15.0. The zero-order valence-electron chi connectivity index (χ0n) is 18.0. The first kappa shape index (κ1) is 20.8. The maximum absolute atomic E-state index is 12.8. The van der Waals surface area contributed by atoms with Crippen molar-refractivity contribution < 1.29 is 9.53 Å². The van der Waals surface area contributed by atoms with Crippen LogP contribution in [0.15, 0.2) is 77.8 Å². The Balaban J connectivity index is 1.87. The molecule has 5 heteroatoms. The molecule has 0 bridgehead atoms. The van der Waals surface area contributed by atoms with E-state index in [9.17, 15) is 4.79 Å². The largest absolute Gasteiger partial charge is 0.497 e. The second-order valence-electron chi connectivity index (χ2n) is 7.43. The number of hydrogen-bond donors (Lipinski definition) is 0. The van der Waals surface area contributed by atoms with E-state index in [1.165, 1.54) is 22.5 Å². The van der Waals surface area contributed by atoms with E-state index in [4.69, 9.17) is 4.74 Å². The van der Waals surface area contributed by atoms with Crippen molar-refractivity contribution in [1.29, 1.82) is 0 Å². The fourth-order valence-corrected chi connectivity index (χ4v) is 4.58. The van der Waals surface area contributed by atoms with Crippen molar-refractivity contribution in [2.45, 2.75) is 13.8 Å². The van der Waals surface area contributed by atoms with Gasteiger partial charge in [-0.3, -0.25) is 4.79 Å². The third kappa shape index (κ3) is 4.23. The smallest absolute Gasteiger partial charge is 0.279 e. The number of nitrogens with zero attached hydrogens (tertiary/aromatic N) is 2. The van der Waals surface area contributed by atoms with Gasteiger partial charge in [0.15, 0.2) is 4.80 Å². The fraction of sp³-hybridized carbons (Fsp3) is 0.154. The van der Waals surface area contributed by atoms with Crippen molar-refractivity contribution in [3.63, 3.8) is 0 Å². The number of amides is 1. The summed E-state index contributed by atoms with van der Waals surface area (Å²) in [6, 6.07) is 23.7. The average molecular weight is 429 g/mol. The molecule has 0 atom stereocenters. The molecular weight excluding hydrogens is 404 g/mol. The van der Waals surface area contributed by atoms with Crippen LogP contribution in [0.3, 0.4) is 0 Å². The molecule has 0 saturated carbocycles. The Kier molecular flexibility index (Phi) is 5.87. The standard InChI is InChI=1S/C26H24N2O2S/c1-17-10-11-21(16-18(17)2)23-24(19-8-6-5-7-9-19)31-26(28(23)3)27-25(29)20-12-14-22(30-4)15-13-20/h5-16H,1-4H3. The molecule has 156 valence electrons. The minimum Gasteiger partial charge on any atom is -0.497 e. The molecule has 4 aromatic rings. The second-order valence-corrected chi connectivity index (χ2v) is 8.41. The third-order valence-electron chi connectivity index (χ3n) is 5.38. The van der Waals surface area contributed by atoms with Gasteiger partial charge in [0.1, 0.15) is 5.75 Å². The maximum Gasteiger partial charge on any atom is 0.279 e. The highest BCUT2D eigenvalue weighted by atomic mass is 32.1. The first-order valence-corrected chi connectivity index (χ1v) is 10.9. The van der Waals surface area contributed by atoms with Crippen LogP contribution in [0.2, 0.25) is 0 Å². The molecule has 4 rings (SSSR count). The number of benzene rings is 3. The normalized spacial score (nSPS) is 11.5. The number of rotatable bonds is 4. The predicted molar refractivity (Wildman–Crippen MR) is 127 cm³/mol. The maximum atomic E-state index is 12.8. The Morgan fingerprint density at radius 2 is 1.61 bits per heavy atom. The summed E-state index contributed by atoms with van der Waals surface area (Å²) >= 11 is 1.53. The summed E-state index contributed by atoms with van der Waals surface area (Å²) in [5, 5.41) is 0. The van der Waals surface area contributed by atoms with Crippen molar-refractivity contribution in [1.82, 2.24) is 4.57 Å². The van der Waals surface area contributed by atoms with Crippen LogP contribution in [0, 0.1) is 13.8 Å². The van der Waals surface area contributed by atoms with E-state index in [1.54, 1.807) is 31.4 Å². The Bertz CT molecular complexity index is 1300. The lowest BCUT2D eigenvalue weighted by atomic mass is 10.0. The summed E-state index contributed by atoms with van der Waals surface area (Å²) in [6.45, 7) is 4.23. The summed E-state index contributed by atoms with van der Waals surface area (Å²) in [4.78, 5) is 19.1. The van der Waals surface area contributed by atoms with E-state index >= 15 is 0 Å². The SMILES string of the molecule is COc1ccc(C(=O)N=c2sc(-c3ccccc3)c(-c3ccc(C)c(C)c3)n2C)cc1. The van der Waals surface area contributed by atoms with Crippen LogP contribution in [0.5, 0.6) is 5.75 Å². The van der Waals surface area contributed by atoms with Crippen LogP contribution >= 0.6 is 11.3 Å². The van der Waals surface area contributed by atoms with E-state index in [0.717, 1.165) is 21.7 Å². The number of ether oxygens (including phenoxy) is 1. The van der Waals surface area contributed by atoms with Gasteiger partial charge in [-0.15, -0.1) is 0 Å². The minimum absolute atomic E-state index is 0.272. The lowest BCUT2D eigenvalue weighted by molar-refractivity contribution is 0.0998. The Morgan fingerprint density at radius 3 is 2.26 bits per heavy atom. The number of thiazole rings is 1. The van der Waals surface area contributed by atoms with Gasteiger partial charge in [0.2, 0.25) is 0 Å². The number of carbonyl (C=O) groups excluding carboxylic acids is 1. The van der Waals surface area contributed by atoms with Crippen LogP contribution in [0.4, 0.5) is 0 Å². The molecule has 0 unspecified atom stereocenters. The minimum atomic E-state index is -0.272. The number of methoxy groups -OCH3 is 1. The molecule has 0 aliphatic rings. The average Bonchev–Trinajstić information content (AvgIpc) is 3.12. The van der Waals surface area contributed by atoms with Crippen molar-refractivity contribution in [2.24, 2.45) is 12.0 Å². The fourth-order valence-electron chi connectivity index (χ4n) is 3.44. The van der Waals surface area contributed by atoms with Crippen molar-refractivity contribution in [3.8, 4) is 27.4 Å². The zero-order chi connectivity index (χ0) is 22.0. The van der Waals surface area contributed by atoms with E-state index in [-0.39, 0.29) is 5.91 Å². The number of aromatic nitrogens is 1. The topological polar surface area (TPSA) is 43.6 Å². The van der Waals surface area contributed by atoms with Crippen LogP contribution in [0.25, 0.3) is 21.7 Å². The monoisotopic (exact) mass is 428 g/mol. The van der Waals surface area contributed by atoms with Crippen LogP contribution < -0.4 is 9.54 Å². The highest BCUT2D eigenvalue weighted by molar-refractivity contribution is 7.13. The van der Waals surface area contributed by atoms with Gasteiger partial charge in [0, 0.05) is 12.6 Å². The molecule has 1 aromatic heterocycles. The van der Waals surface area contributed by atoms with E-state index in [2.05, 4.69) is 49.2 Å². The van der Waals surface area contributed by atoms with Crippen molar-refractivity contribution in [3.05, 3.63) is 94.3 Å². The molecule has 3 aromatic carbocycles. The molecule has 31 heavy (non-hydrogen) atoms. The van der Waals surface area contributed by atoms with Crippen LogP contribution in [-0.4, -0.2) is 17.6 Å². The van der Waals surface area contributed by atoms with Crippen LogP contribution in [-0.2, 0) is 7.05 Å². The number of aryl methyl sites for hydroxylation is 2. The van der Waals surface area contributed by atoms with Crippen molar-refractivity contribution >= 4 is 17.2 Å². The molecule has 0 radical (unpaired) electrons. The van der Waals surface area contributed by atoms with Crippen LogP contribution in [0.1, 0.15) is 21.5 Å². The number of hydrogen-bond acceptors (Lipinski definition) is 3. The first-order valence-electron chi connectivity index (χ1n) is 10.0. The molecular formula is C26H24N2O2S. The number of carbonyl (C=O) groups is 1. The summed E-state index contributed by atoms with van der Waals surface area (Å²) < 4.78 is 7.19. The van der Waals surface area contributed by atoms with Gasteiger partial charge in [-0.25, -0.2) is 0 Å². The Hall–Kier alpha value is -3.44. The van der Waals surface area contributed by atoms with E-state index in [0.29, 0.717) is 16.1 Å². The van der Waals surface area contributed by atoms with E-state index in [1.807, 2.05) is 29.8 Å². The van der Waals surface area contributed by atoms with Gasteiger partial charge < -0.3 is 9.30 Å². The molecule has 0 saturated heterocycles. The Labute approximate surface area is 186 Å². The van der Waals surface area contributed by atoms with Gasteiger partial charge in [0.05, 0.1) is 17.7 Å². The van der Waals surface area contributed by atoms with Gasteiger partial charge >= 0.3 is 0 Å². The Morgan fingerprint density at radius 1 is 0.903 bits per heavy atom. The summed E-state index contributed by atoms with van der Waals surface area (Å²) in [5.74, 6) is 0.437. The molecule has 0 spiro atoms. The third-order valence-corrected chi connectivity index (χ3v) is 6.56. The predicted octanol–water partition coefficient (Wildman–Crippen LogP) is 5.79. The van der Waals surface area contributed by atoms with E-state index < -0.39 is 0 Å². The molecule has 0 aliphatic heterocycles. The lowest BCUT2D eigenvalue weighted by Gasteiger charge is -2.09. The molecule has 1 heterocycles.